The van der Waals surface area contributed by atoms with Crippen LogP contribution in [0, 0.1) is 6.92 Å². The maximum absolute atomic E-state index is 12.6. The van der Waals surface area contributed by atoms with Gasteiger partial charge in [-0.05, 0) is 55.0 Å². The van der Waals surface area contributed by atoms with Crippen LogP contribution in [0.15, 0.2) is 67.0 Å². The summed E-state index contributed by atoms with van der Waals surface area (Å²) in [7, 11) is 2.02. The van der Waals surface area contributed by atoms with Crippen molar-refractivity contribution in [1.82, 2.24) is 19.8 Å². The first-order valence-electron chi connectivity index (χ1n) is 9.99. The van der Waals surface area contributed by atoms with Gasteiger partial charge in [0.15, 0.2) is 5.11 Å². The molecule has 0 aliphatic carbocycles. The molecule has 1 fully saturated rings. The third kappa shape index (κ3) is 4.07. The Hall–Kier alpha value is -3.19. The number of carbonyl (C=O) groups is 1. The molecule has 1 aromatic carbocycles. The van der Waals surface area contributed by atoms with Crippen LogP contribution in [0.25, 0.3) is 0 Å². The summed E-state index contributed by atoms with van der Waals surface area (Å²) in [6.45, 7) is 2.50. The normalized spacial score (nSPS) is 18.3. The summed E-state index contributed by atoms with van der Waals surface area (Å²) >= 11 is 5.66. The number of amides is 1. The van der Waals surface area contributed by atoms with Gasteiger partial charge in [-0.1, -0.05) is 24.3 Å². The summed E-state index contributed by atoms with van der Waals surface area (Å²) in [5, 5.41) is 7.06. The zero-order valence-corrected chi connectivity index (χ0v) is 17.9. The van der Waals surface area contributed by atoms with E-state index in [9.17, 15) is 4.79 Å². The highest BCUT2D eigenvalue weighted by Crippen LogP contribution is 2.38. The standard InChI is InChI=1S/C23H25N5OS/c1-16-8-3-4-9-17(16)25-20(29)12-15-28-22(19-11-7-14-27(19)2)21(26-23(28)30)18-10-5-6-13-24-18/h3-11,13-14,21-22H,12,15H2,1-2H3,(H,25,29)(H,26,30)/t21-,22+/m1/s1. The second kappa shape index (κ2) is 8.67. The second-order valence-electron chi connectivity index (χ2n) is 7.48. The number of hydrogen-bond donors (Lipinski definition) is 2. The number of para-hydroxylation sites is 1. The fourth-order valence-corrected chi connectivity index (χ4v) is 4.23. The third-order valence-electron chi connectivity index (χ3n) is 5.48. The van der Waals surface area contributed by atoms with Gasteiger partial charge >= 0.3 is 0 Å². The molecule has 1 saturated heterocycles. The van der Waals surface area contributed by atoms with E-state index in [0.717, 1.165) is 22.6 Å². The lowest BCUT2D eigenvalue weighted by atomic mass is 10.0. The van der Waals surface area contributed by atoms with Gasteiger partial charge in [0, 0.05) is 43.8 Å². The monoisotopic (exact) mass is 419 g/mol. The summed E-state index contributed by atoms with van der Waals surface area (Å²) < 4.78 is 2.09. The first-order chi connectivity index (χ1) is 14.5. The molecule has 3 aromatic rings. The van der Waals surface area contributed by atoms with Crippen LogP contribution in [-0.4, -0.2) is 32.0 Å². The van der Waals surface area contributed by atoms with Crippen LogP contribution in [0.1, 0.15) is 35.5 Å². The summed E-state index contributed by atoms with van der Waals surface area (Å²) in [6, 6.07) is 17.7. The van der Waals surface area contributed by atoms with Crippen LogP contribution in [0.3, 0.4) is 0 Å². The van der Waals surface area contributed by atoms with Crippen molar-refractivity contribution < 1.29 is 4.79 Å². The number of benzene rings is 1. The Morgan fingerprint density at radius 2 is 1.97 bits per heavy atom. The predicted molar refractivity (Wildman–Crippen MR) is 122 cm³/mol. The van der Waals surface area contributed by atoms with Gasteiger partial charge in [-0.15, -0.1) is 0 Å². The van der Waals surface area contributed by atoms with Gasteiger partial charge in [-0.25, -0.2) is 0 Å². The van der Waals surface area contributed by atoms with Gasteiger partial charge in [-0.2, -0.15) is 0 Å². The highest BCUT2D eigenvalue weighted by molar-refractivity contribution is 7.80. The minimum Gasteiger partial charge on any atom is -0.353 e. The highest BCUT2D eigenvalue weighted by atomic mass is 32.1. The van der Waals surface area contributed by atoms with Gasteiger partial charge < -0.3 is 20.1 Å². The lowest BCUT2D eigenvalue weighted by Gasteiger charge is -2.28. The molecule has 0 bridgehead atoms. The number of nitrogens with one attached hydrogen (secondary N) is 2. The maximum atomic E-state index is 12.6. The third-order valence-corrected chi connectivity index (χ3v) is 5.84. The number of hydrogen-bond acceptors (Lipinski definition) is 3. The fraction of sp³-hybridized carbons (Fsp3) is 0.261. The molecule has 0 spiro atoms. The van der Waals surface area contributed by atoms with Crippen molar-refractivity contribution in [3.05, 3.63) is 83.9 Å². The molecule has 0 radical (unpaired) electrons. The largest absolute Gasteiger partial charge is 0.353 e. The Morgan fingerprint density at radius 1 is 1.17 bits per heavy atom. The summed E-state index contributed by atoms with van der Waals surface area (Å²) in [6.07, 6.45) is 4.15. The number of thiocarbonyl (C=S) groups is 1. The van der Waals surface area contributed by atoms with E-state index in [1.807, 2.05) is 68.7 Å². The number of nitrogens with zero attached hydrogens (tertiary/aromatic N) is 3. The Balaban J connectivity index is 1.53. The number of anilines is 1. The number of pyridine rings is 1. The van der Waals surface area contributed by atoms with E-state index in [2.05, 4.69) is 31.2 Å². The Kier molecular flexibility index (Phi) is 5.81. The van der Waals surface area contributed by atoms with Crippen LogP contribution in [0.4, 0.5) is 5.69 Å². The van der Waals surface area contributed by atoms with Gasteiger partial charge in [0.2, 0.25) is 5.91 Å². The van der Waals surface area contributed by atoms with Crippen molar-refractivity contribution in [3.8, 4) is 0 Å². The first kappa shape index (κ1) is 20.1. The molecule has 1 aliphatic heterocycles. The molecular weight excluding hydrogens is 394 g/mol. The van der Waals surface area contributed by atoms with E-state index in [-0.39, 0.29) is 18.0 Å². The van der Waals surface area contributed by atoms with Crippen molar-refractivity contribution in [2.45, 2.75) is 25.4 Å². The minimum atomic E-state index is -0.0771. The van der Waals surface area contributed by atoms with Gasteiger partial charge in [0.1, 0.15) is 0 Å². The first-order valence-corrected chi connectivity index (χ1v) is 10.4. The van der Waals surface area contributed by atoms with Crippen LogP contribution >= 0.6 is 12.2 Å². The van der Waals surface area contributed by atoms with Crippen molar-refractivity contribution in [2.24, 2.45) is 7.05 Å². The maximum Gasteiger partial charge on any atom is 0.226 e. The molecule has 6 nitrogen and oxygen atoms in total. The van der Waals surface area contributed by atoms with Gasteiger partial charge in [0.05, 0.1) is 17.8 Å². The number of aryl methyl sites for hydroxylation is 2. The quantitative estimate of drug-likeness (QED) is 0.596. The zero-order valence-electron chi connectivity index (χ0n) is 17.1. The van der Waals surface area contributed by atoms with Crippen LogP contribution < -0.4 is 10.6 Å². The van der Waals surface area contributed by atoms with Crippen molar-refractivity contribution in [1.29, 1.82) is 0 Å². The fourth-order valence-electron chi connectivity index (χ4n) is 3.90. The SMILES string of the molecule is Cc1ccccc1NC(=O)CCN1C(=S)N[C@H](c2ccccn2)[C@@H]1c1cccn1C. The lowest BCUT2D eigenvalue weighted by Crippen LogP contribution is -2.33. The molecule has 4 rings (SSSR count). The Labute approximate surface area is 181 Å². The van der Waals surface area contributed by atoms with E-state index in [4.69, 9.17) is 12.2 Å². The van der Waals surface area contributed by atoms with Gasteiger partial charge in [-0.3, -0.25) is 9.78 Å². The molecule has 2 atom stereocenters. The minimum absolute atomic E-state index is 0.0287. The van der Waals surface area contributed by atoms with Crippen LogP contribution in [0.2, 0.25) is 0 Å². The molecule has 0 saturated carbocycles. The highest BCUT2D eigenvalue weighted by Gasteiger charge is 2.40. The predicted octanol–water partition coefficient (Wildman–Crippen LogP) is 3.73. The summed E-state index contributed by atoms with van der Waals surface area (Å²) in [5.41, 5.74) is 3.94. The topological polar surface area (TPSA) is 62.2 Å². The summed E-state index contributed by atoms with van der Waals surface area (Å²) in [5.74, 6) is -0.0287. The smallest absolute Gasteiger partial charge is 0.226 e. The number of rotatable bonds is 6. The number of carbonyl (C=O) groups excluding carboxylic acids is 1. The van der Waals surface area contributed by atoms with Crippen molar-refractivity contribution >= 4 is 28.9 Å². The van der Waals surface area contributed by atoms with Crippen LogP contribution in [-0.2, 0) is 11.8 Å². The van der Waals surface area contributed by atoms with Crippen molar-refractivity contribution in [2.75, 3.05) is 11.9 Å². The van der Waals surface area contributed by atoms with E-state index in [0.29, 0.717) is 18.1 Å². The Bertz CT molecular complexity index is 1050. The molecule has 154 valence electrons. The molecule has 0 unspecified atom stereocenters. The molecular formula is C23H25N5OS. The molecule has 3 heterocycles. The molecule has 1 aliphatic rings. The molecule has 1 amide bonds. The average Bonchev–Trinajstić information content (AvgIpc) is 3.31. The average molecular weight is 420 g/mol. The molecule has 2 aromatic heterocycles. The second-order valence-corrected chi connectivity index (χ2v) is 7.86. The van der Waals surface area contributed by atoms with E-state index >= 15 is 0 Å². The van der Waals surface area contributed by atoms with E-state index < -0.39 is 0 Å². The molecule has 30 heavy (non-hydrogen) atoms. The van der Waals surface area contributed by atoms with Crippen molar-refractivity contribution in [3.63, 3.8) is 0 Å². The van der Waals surface area contributed by atoms with Gasteiger partial charge in [0.25, 0.3) is 0 Å². The molecule has 2 N–H and O–H groups in total. The lowest BCUT2D eigenvalue weighted by molar-refractivity contribution is -0.116. The summed E-state index contributed by atoms with van der Waals surface area (Å²) in [4.78, 5) is 19.3. The number of aromatic nitrogens is 2. The van der Waals surface area contributed by atoms with E-state index in [1.54, 1.807) is 6.20 Å². The molecule has 7 heteroatoms. The van der Waals surface area contributed by atoms with Crippen LogP contribution in [0.5, 0.6) is 0 Å². The van der Waals surface area contributed by atoms with E-state index in [1.165, 1.54) is 0 Å². The Morgan fingerprint density at radius 3 is 2.67 bits per heavy atom. The zero-order chi connectivity index (χ0) is 21.1.